The van der Waals surface area contributed by atoms with Gasteiger partial charge in [-0.3, -0.25) is 14.5 Å². The third-order valence-corrected chi connectivity index (χ3v) is 5.37. The maximum atomic E-state index is 13.1. The molecule has 1 saturated carbocycles. The van der Waals surface area contributed by atoms with Crippen LogP contribution in [0.25, 0.3) is 27.6 Å². The predicted octanol–water partition coefficient (Wildman–Crippen LogP) is 2.37. The minimum Gasteiger partial charge on any atom is -0.393 e. The molecule has 0 bridgehead atoms. The van der Waals surface area contributed by atoms with E-state index in [4.69, 9.17) is 0 Å². The van der Waals surface area contributed by atoms with E-state index in [0.29, 0.717) is 22.5 Å². The molecule has 1 aliphatic carbocycles. The lowest BCUT2D eigenvalue weighted by atomic mass is 9.93. The lowest BCUT2D eigenvalue weighted by molar-refractivity contribution is 0.126. The van der Waals surface area contributed by atoms with E-state index in [0.717, 1.165) is 36.8 Å². The SMILES string of the molecule is O=c1c2cn[nH]c2c2cnc(NC3CCC(O)CC3)nc2n1-c1ccccc1. The first kappa shape index (κ1) is 16.9. The van der Waals surface area contributed by atoms with Gasteiger partial charge in [-0.05, 0) is 37.8 Å². The first-order valence-corrected chi connectivity index (χ1v) is 9.45. The highest BCUT2D eigenvalue weighted by Gasteiger charge is 2.21. The molecule has 0 spiro atoms. The molecule has 1 aliphatic rings. The standard InChI is InChI=1S/C20H20N6O2/c27-14-8-6-12(7-9-14)23-20-21-10-15-17-16(11-22-25-17)19(28)26(18(15)24-20)13-4-2-1-3-5-13/h1-5,10-12,14,27H,6-9H2,(H,22,25)(H,21,23,24). The minimum absolute atomic E-state index is 0.173. The van der Waals surface area contributed by atoms with Crippen LogP contribution in [0.15, 0.2) is 47.5 Å². The number of H-pyrrole nitrogens is 1. The Morgan fingerprint density at radius 1 is 1.07 bits per heavy atom. The number of aliphatic hydroxyl groups excluding tert-OH is 1. The van der Waals surface area contributed by atoms with Crippen molar-refractivity contribution >= 4 is 27.9 Å². The highest BCUT2D eigenvalue weighted by molar-refractivity contribution is 6.02. The molecule has 4 aromatic rings. The van der Waals surface area contributed by atoms with Gasteiger partial charge in [0.15, 0.2) is 5.65 Å². The molecule has 0 unspecified atom stereocenters. The summed E-state index contributed by atoms with van der Waals surface area (Å²) in [5.74, 6) is 0.483. The molecule has 0 saturated heterocycles. The number of benzene rings is 1. The van der Waals surface area contributed by atoms with Crippen molar-refractivity contribution in [1.29, 1.82) is 0 Å². The molecule has 1 fully saturated rings. The molecule has 0 atom stereocenters. The summed E-state index contributed by atoms with van der Waals surface area (Å²) in [5.41, 5.74) is 1.74. The van der Waals surface area contributed by atoms with Crippen molar-refractivity contribution in [3.8, 4) is 5.69 Å². The van der Waals surface area contributed by atoms with Crippen LogP contribution in [0, 0.1) is 0 Å². The van der Waals surface area contributed by atoms with E-state index in [-0.39, 0.29) is 17.7 Å². The number of anilines is 1. The second-order valence-electron chi connectivity index (χ2n) is 7.22. The summed E-state index contributed by atoms with van der Waals surface area (Å²) in [7, 11) is 0. The number of nitrogens with zero attached hydrogens (tertiary/aromatic N) is 4. The molecule has 8 heteroatoms. The first-order chi connectivity index (χ1) is 13.7. The van der Waals surface area contributed by atoms with Crippen LogP contribution in [0.2, 0.25) is 0 Å². The Morgan fingerprint density at radius 2 is 1.86 bits per heavy atom. The molecule has 0 amide bonds. The molecule has 142 valence electrons. The normalized spacial score (nSPS) is 19.9. The Hall–Kier alpha value is -3.26. The lowest BCUT2D eigenvalue weighted by Gasteiger charge is -2.26. The number of nitrogens with one attached hydrogen (secondary N) is 2. The Kier molecular flexibility index (Phi) is 4.05. The zero-order valence-corrected chi connectivity index (χ0v) is 15.2. The van der Waals surface area contributed by atoms with Crippen molar-refractivity contribution in [2.45, 2.75) is 37.8 Å². The Morgan fingerprint density at radius 3 is 2.64 bits per heavy atom. The van der Waals surface area contributed by atoms with Crippen molar-refractivity contribution < 1.29 is 5.11 Å². The van der Waals surface area contributed by atoms with Crippen LogP contribution in [0.5, 0.6) is 0 Å². The van der Waals surface area contributed by atoms with E-state index in [9.17, 15) is 9.90 Å². The fourth-order valence-electron chi connectivity index (χ4n) is 3.88. The molecule has 1 aromatic carbocycles. The Labute approximate surface area is 160 Å². The Bertz CT molecular complexity index is 1190. The fourth-order valence-corrected chi connectivity index (χ4v) is 3.88. The third-order valence-electron chi connectivity index (χ3n) is 5.37. The predicted molar refractivity (Wildman–Crippen MR) is 107 cm³/mol. The zero-order chi connectivity index (χ0) is 19.1. The minimum atomic E-state index is -0.215. The summed E-state index contributed by atoms with van der Waals surface area (Å²) in [6, 6.07) is 9.66. The van der Waals surface area contributed by atoms with Crippen LogP contribution >= 0.6 is 0 Å². The van der Waals surface area contributed by atoms with Crippen molar-refractivity contribution in [3.63, 3.8) is 0 Å². The molecular weight excluding hydrogens is 356 g/mol. The number of para-hydroxylation sites is 1. The molecular formula is C20H20N6O2. The average molecular weight is 376 g/mol. The van der Waals surface area contributed by atoms with E-state index in [1.807, 2.05) is 30.3 Å². The number of pyridine rings is 1. The van der Waals surface area contributed by atoms with Crippen molar-refractivity contribution in [2.24, 2.45) is 0 Å². The highest BCUT2D eigenvalue weighted by atomic mass is 16.3. The summed E-state index contributed by atoms with van der Waals surface area (Å²) in [6.45, 7) is 0. The number of rotatable bonds is 3. The quantitative estimate of drug-likeness (QED) is 0.507. The number of aromatic amines is 1. The van der Waals surface area contributed by atoms with E-state index >= 15 is 0 Å². The van der Waals surface area contributed by atoms with Crippen LogP contribution in [-0.4, -0.2) is 42.0 Å². The molecule has 0 radical (unpaired) electrons. The number of hydrogen-bond donors (Lipinski definition) is 3. The van der Waals surface area contributed by atoms with Crippen LogP contribution in [0.1, 0.15) is 25.7 Å². The largest absolute Gasteiger partial charge is 0.393 e. The van der Waals surface area contributed by atoms with E-state index < -0.39 is 0 Å². The molecule has 0 aliphatic heterocycles. The molecule has 3 aromatic heterocycles. The van der Waals surface area contributed by atoms with Crippen molar-refractivity contribution in [1.82, 2.24) is 24.7 Å². The van der Waals surface area contributed by atoms with Crippen molar-refractivity contribution in [3.05, 3.63) is 53.1 Å². The van der Waals surface area contributed by atoms with Crippen LogP contribution in [0.4, 0.5) is 5.95 Å². The number of aliphatic hydroxyl groups is 1. The molecule has 5 rings (SSSR count). The summed E-state index contributed by atoms with van der Waals surface area (Å²) >= 11 is 0. The molecule has 3 heterocycles. The van der Waals surface area contributed by atoms with Gasteiger partial charge in [-0.15, -0.1) is 0 Å². The molecule has 28 heavy (non-hydrogen) atoms. The van der Waals surface area contributed by atoms with Gasteiger partial charge in [0.2, 0.25) is 5.95 Å². The van der Waals surface area contributed by atoms with E-state index in [2.05, 4.69) is 25.5 Å². The number of fused-ring (bicyclic) bond motifs is 3. The average Bonchev–Trinajstić information content (AvgIpc) is 3.21. The topological polar surface area (TPSA) is 109 Å². The fraction of sp³-hybridized carbons (Fsp3) is 0.300. The van der Waals surface area contributed by atoms with Gasteiger partial charge in [-0.25, -0.2) is 4.98 Å². The molecule has 3 N–H and O–H groups in total. The second-order valence-corrected chi connectivity index (χ2v) is 7.22. The highest BCUT2D eigenvalue weighted by Crippen LogP contribution is 2.24. The summed E-state index contributed by atoms with van der Waals surface area (Å²) in [5, 5.41) is 21.2. The third kappa shape index (κ3) is 2.82. The van der Waals surface area contributed by atoms with Gasteiger partial charge in [0.05, 0.1) is 34.3 Å². The van der Waals surface area contributed by atoms with Crippen LogP contribution in [-0.2, 0) is 0 Å². The van der Waals surface area contributed by atoms with Gasteiger partial charge < -0.3 is 10.4 Å². The first-order valence-electron chi connectivity index (χ1n) is 9.45. The number of aromatic nitrogens is 5. The monoisotopic (exact) mass is 376 g/mol. The van der Waals surface area contributed by atoms with E-state index in [1.54, 1.807) is 10.8 Å². The summed E-state index contributed by atoms with van der Waals surface area (Å²) in [6.07, 6.45) is 6.33. The van der Waals surface area contributed by atoms with Gasteiger partial charge in [0, 0.05) is 12.2 Å². The second kappa shape index (κ2) is 6.72. The maximum Gasteiger partial charge on any atom is 0.267 e. The summed E-state index contributed by atoms with van der Waals surface area (Å²) < 4.78 is 1.60. The zero-order valence-electron chi connectivity index (χ0n) is 15.2. The van der Waals surface area contributed by atoms with Gasteiger partial charge in [-0.1, -0.05) is 18.2 Å². The smallest absolute Gasteiger partial charge is 0.267 e. The Balaban J connectivity index is 1.67. The maximum absolute atomic E-state index is 13.1. The summed E-state index contributed by atoms with van der Waals surface area (Å²) in [4.78, 5) is 22.3. The number of hydrogen-bond acceptors (Lipinski definition) is 6. The van der Waals surface area contributed by atoms with E-state index in [1.165, 1.54) is 6.20 Å². The van der Waals surface area contributed by atoms with Crippen LogP contribution < -0.4 is 10.9 Å². The lowest BCUT2D eigenvalue weighted by Crippen LogP contribution is -2.29. The van der Waals surface area contributed by atoms with Gasteiger partial charge in [0.25, 0.3) is 5.56 Å². The van der Waals surface area contributed by atoms with Gasteiger partial charge in [-0.2, -0.15) is 10.1 Å². The van der Waals surface area contributed by atoms with Crippen LogP contribution in [0.3, 0.4) is 0 Å². The molecule has 8 nitrogen and oxygen atoms in total. The van der Waals surface area contributed by atoms with Gasteiger partial charge >= 0.3 is 0 Å². The van der Waals surface area contributed by atoms with Gasteiger partial charge in [0.1, 0.15) is 0 Å². The van der Waals surface area contributed by atoms with Crippen molar-refractivity contribution in [2.75, 3.05) is 5.32 Å².